The van der Waals surface area contributed by atoms with Crippen LogP contribution >= 0.6 is 0 Å². The van der Waals surface area contributed by atoms with Crippen molar-refractivity contribution in [2.75, 3.05) is 6.54 Å². The Bertz CT molecular complexity index is 462. The van der Waals surface area contributed by atoms with E-state index < -0.39 is 0 Å². The monoisotopic (exact) mass is 231 g/mol. The molecule has 4 nitrogen and oxygen atoms in total. The van der Waals surface area contributed by atoms with Crippen LogP contribution in [0.25, 0.3) is 6.08 Å². The number of imide groups is 1. The number of phenols is 1. The Hall–Kier alpha value is -2.10. The second-order valence-electron chi connectivity index (χ2n) is 3.91. The number of aromatic hydroxyl groups is 1. The van der Waals surface area contributed by atoms with Crippen molar-refractivity contribution in [3.05, 3.63) is 35.9 Å². The van der Waals surface area contributed by atoms with Gasteiger partial charge in [0.15, 0.2) is 0 Å². The minimum Gasteiger partial charge on any atom is -0.508 e. The summed E-state index contributed by atoms with van der Waals surface area (Å²) in [6.07, 6.45) is 4.22. The highest BCUT2D eigenvalue weighted by molar-refractivity contribution is 6.03. The van der Waals surface area contributed by atoms with Gasteiger partial charge in [-0.25, -0.2) is 0 Å². The van der Waals surface area contributed by atoms with E-state index in [1.54, 1.807) is 30.3 Å². The van der Waals surface area contributed by atoms with E-state index in [4.69, 9.17) is 5.11 Å². The van der Waals surface area contributed by atoms with Crippen LogP contribution in [0.1, 0.15) is 18.4 Å². The Labute approximate surface area is 99.2 Å². The molecule has 4 heteroatoms. The molecule has 1 aliphatic rings. The molecule has 0 unspecified atom stereocenters. The van der Waals surface area contributed by atoms with Crippen molar-refractivity contribution in [1.29, 1.82) is 0 Å². The first-order valence-electron chi connectivity index (χ1n) is 5.48. The van der Waals surface area contributed by atoms with Gasteiger partial charge in [0.1, 0.15) is 5.75 Å². The van der Waals surface area contributed by atoms with Gasteiger partial charge in [0.2, 0.25) is 5.91 Å². The number of hydrogen-bond acceptors (Lipinski definition) is 3. The van der Waals surface area contributed by atoms with Gasteiger partial charge in [0, 0.05) is 19.0 Å². The molecule has 1 aliphatic heterocycles. The first kappa shape index (κ1) is 11.4. The summed E-state index contributed by atoms with van der Waals surface area (Å²) in [5.41, 5.74) is 0.808. The lowest BCUT2D eigenvalue weighted by Crippen LogP contribution is -2.30. The Morgan fingerprint density at radius 1 is 1.29 bits per heavy atom. The highest BCUT2D eigenvalue weighted by Crippen LogP contribution is 2.13. The first-order valence-corrected chi connectivity index (χ1v) is 5.48. The lowest BCUT2D eigenvalue weighted by molar-refractivity contribution is -0.138. The van der Waals surface area contributed by atoms with Gasteiger partial charge in [-0.05, 0) is 30.2 Å². The number of hydrogen-bond donors (Lipinski definition) is 1. The van der Waals surface area contributed by atoms with Crippen LogP contribution in [0.2, 0.25) is 0 Å². The fourth-order valence-electron chi connectivity index (χ4n) is 1.72. The number of amides is 2. The number of likely N-dealkylation sites (tertiary alicyclic amines) is 1. The van der Waals surface area contributed by atoms with Crippen molar-refractivity contribution in [1.82, 2.24) is 4.90 Å². The highest BCUT2D eigenvalue weighted by atomic mass is 16.3. The van der Waals surface area contributed by atoms with Gasteiger partial charge >= 0.3 is 0 Å². The maximum atomic E-state index is 11.7. The molecule has 2 rings (SSSR count). The van der Waals surface area contributed by atoms with E-state index in [2.05, 4.69) is 0 Å². The van der Waals surface area contributed by atoms with Crippen LogP contribution < -0.4 is 0 Å². The van der Waals surface area contributed by atoms with E-state index in [0.29, 0.717) is 13.0 Å². The summed E-state index contributed by atoms with van der Waals surface area (Å²) in [5, 5.41) is 9.10. The molecule has 0 aliphatic carbocycles. The maximum absolute atomic E-state index is 11.7. The van der Waals surface area contributed by atoms with Crippen LogP contribution in [0.4, 0.5) is 0 Å². The summed E-state index contributed by atoms with van der Waals surface area (Å²) in [7, 11) is 0. The smallest absolute Gasteiger partial charge is 0.253 e. The second kappa shape index (κ2) is 4.82. The summed E-state index contributed by atoms with van der Waals surface area (Å²) in [4.78, 5) is 24.2. The van der Waals surface area contributed by atoms with E-state index in [0.717, 1.165) is 12.0 Å². The Balaban J connectivity index is 2.03. The van der Waals surface area contributed by atoms with E-state index in [9.17, 15) is 9.59 Å². The molecular formula is C13H13NO3. The Kier molecular flexibility index (Phi) is 3.23. The third kappa shape index (κ3) is 2.72. The lowest BCUT2D eigenvalue weighted by atomic mass is 10.2. The Morgan fingerprint density at radius 2 is 2.00 bits per heavy atom. The molecule has 1 aromatic rings. The third-order valence-electron chi connectivity index (χ3n) is 2.65. The molecule has 1 heterocycles. The zero-order valence-electron chi connectivity index (χ0n) is 9.30. The average Bonchev–Trinajstić information content (AvgIpc) is 2.74. The molecule has 0 saturated carbocycles. The van der Waals surface area contributed by atoms with Crippen LogP contribution in [-0.2, 0) is 9.59 Å². The van der Waals surface area contributed by atoms with Crippen molar-refractivity contribution in [3.8, 4) is 5.75 Å². The Morgan fingerprint density at radius 3 is 2.59 bits per heavy atom. The van der Waals surface area contributed by atoms with Gasteiger partial charge < -0.3 is 5.11 Å². The average molecular weight is 231 g/mol. The minimum atomic E-state index is -0.277. The number of nitrogens with zero attached hydrogens (tertiary/aromatic N) is 1. The normalized spacial score (nSPS) is 15.8. The molecule has 2 amide bonds. The van der Waals surface area contributed by atoms with E-state index in [1.807, 2.05) is 0 Å². The molecule has 1 N–H and O–H groups in total. The molecular weight excluding hydrogens is 218 g/mol. The highest BCUT2D eigenvalue weighted by Gasteiger charge is 2.24. The number of carbonyl (C=O) groups is 2. The molecule has 0 aromatic heterocycles. The van der Waals surface area contributed by atoms with Gasteiger partial charge in [0.05, 0.1) is 0 Å². The first-order chi connectivity index (χ1) is 8.16. The van der Waals surface area contributed by atoms with Gasteiger partial charge in [0.25, 0.3) is 5.91 Å². The summed E-state index contributed by atoms with van der Waals surface area (Å²) in [5.74, 6) is -0.200. The zero-order chi connectivity index (χ0) is 12.3. The standard InChI is InChI=1S/C13H13NO3/c15-11-6-3-10(4-7-11)5-8-13(17)14-9-1-2-12(14)16/h3-8,15H,1-2,9H2/b8-5+. The summed E-state index contributed by atoms with van der Waals surface area (Å²) in [6.45, 7) is 0.511. The molecule has 0 spiro atoms. The van der Waals surface area contributed by atoms with E-state index in [-0.39, 0.29) is 17.6 Å². The van der Waals surface area contributed by atoms with Gasteiger partial charge in [-0.2, -0.15) is 0 Å². The van der Waals surface area contributed by atoms with Crippen LogP contribution in [0, 0.1) is 0 Å². The van der Waals surface area contributed by atoms with E-state index >= 15 is 0 Å². The quantitative estimate of drug-likeness (QED) is 0.786. The maximum Gasteiger partial charge on any atom is 0.253 e. The predicted octanol–water partition coefficient (Wildman–Crippen LogP) is 1.55. The molecule has 17 heavy (non-hydrogen) atoms. The van der Waals surface area contributed by atoms with Gasteiger partial charge in [-0.15, -0.1) is 0 Å². The number of rotatable bonds is 2. The number of carbonyl (C=O) groups excluding carboxylic acids is 2. The van der Waals surface area contributed by atoms with Gasteiger partial charge in [-0.3, -0.25) is 14.5 Å². The van der Waals surface area contributed by atoms with Crippen LogP contribution in [0.15, 0.2) is 30.3 Å². The SMILES string of the molecule is O=C(/C=C/c1ccc(O)cc1)N1CCCC1=O. The van der Waals surface area contributed by atoms with Crippen molar-refractivity contribution >= 4 is 17.9 Å². The minimum absolute atomic E-state index is 0.106. The topological polar surface area (TPSA) is 57.6 Å². The zero-order valence-corrected chi connectivity index (χ0v) is 9.30. The van der Waals surface area contributed by atoms with Crippen molar-refractivity contribution in [2.24, 2.45) is 0 Å². The fraction of sp³-hybridized carbons (Fsp3) is 0.231. The summed E-state index contributed by atoms with van der Waals surface area (Å²) in [6, 6.07) is 6.49. The third-order valence-corrected chi connectivity index (χ3v) is 2.65. The molecule has 0 atom stereocenters. The van der Waals surface area contributed by atoms with Crippen molar-refractivity contribution in [3.63, 3.8) is 0 Å². The molecule has 1 saturated heterocycles. The van der Waals surface area contributed by atoms with Crippen LogP contribution in [0.3, 0.4) is 0 Å². The largest absolute Gasteiger partial charge is 0.508 e. The van der Waals surface area contributed by atoms with Crippen LogP contribution in [-0.4, -0.2) is 28.4 Å². The van der Waals surface area contributed by atoms with Crippen molar-refractivity contribution in [2.45, 2.75) is 12.8 Å². The van der Waals surface area contributed by atoms with Crippen LogP contribution in [0.5, 0.6) is 5.75 Å². The number of benzene rings is 1. The molecule has 88 valence electrons. The second-order valence-corrected chi connectivity index (χ2v) is 3.91. The molecule has 0 radical (unpaired) electrons. The molecule has 1 aromatic carbocycles. The number of phenolic OH excluding ortho intramolecular Hbond substituents is 1. The fourth-order valence-corrected chi connectivity index (χ4v) is 1.72. The summed E-state index contributed by atoms with van der Waals surface area (Å²) < 4.78 is 0. The molecule has 1 fully saturated rings. The lowest BCUT2D eigenvalue weighted by Gasteiger charge is -2.09. The predicted molar refractivity (Wildman–Crippen MR) is 63.1 cm³/mol. The molecule has 0 bridgehead atoms. The van der Waals surface area contributed by atoms with Crippen molar-refractivity contribution < 1.29 is 14.7 Å². The van der Waals surface area contributed by atoms with Gasteiger partial charge in [-0.1, -0.05) is 12.1 Å². The summed E-state index contributed by atoms with van der Waals surface area (Å²) >= 11 is 0. The van der Waals surface area contributed by atoms with E-state index in [1.165, 1.54) is 11.0 Å².